The first-order chi connectivity index (χ1) is 6.54. The zero-order valence-electron chi connectivity index (χ0n) is 7.84. The minimum absolute atomic E-state index is 0.348. The van der Waals surface area contributed by atoms with E-state index in [0.717, 1.165) is 5.56 Å². The molecule has 0 fully saturated rings. The molecule has 1 rings (SSSR count). The lowest BCUT2D eigenvalue weighted by Gasteiger charge is -1.98. The van der Waals surface area contributed by atoms with E-state index in [1.807, 2.05) is 12.2 Å². The molecule has 0 amide bonds. The molecule has 0 aliphatic carbocycles. The highest BCUT2D eigenvalue weighted by atomic mass is 32.2. The van der Waals surface area contributed by atoms with Crippen molar-refractivity contribution in [2.45, 2.75) is 4.90 Å². The highest BCUT2D eigenvalue weighted by Crippen LogP contribution is 2.11. The van der Waals surface area contributed by atoms with Crippen LogP contribution in [0.15, 0.2) is 35.2 Å². The van der Waals surface area contributed by atoms with E-state index in [-0.39, 0.29) is 0 Å². The van der Waals surface area contributed by atoms with Gasteiger partial charge in [-0.3, -0.25) is 0 Å². The van der Waals surface area contributed by atoms with Crippen molar-refractivity contribution in [3.05, 3.63) is 35.9 Å². The molecule has 0 bridgehead atoms. The van der Waals surface area contributed by atoms with Crippen LogP contribution in [0.2, 0.25) is 0 Å². The summed E-state index contributed by atoms with van der Waals surface area (Å²) in [5, 5.41) is 0. The maximum absolute atomic E-state index is 11.1. The van der Waals surface area contributed by atoms with Crippen LogP contribution in [0.3, 0.4) is 0 Å². The van der Waals surface area contributed by atoms with Crippen LogP contribution in [0.25, 0.3) is 6.08 Å². The van der Waals surface area contributed by atoms with Crippen LogP contribution in [-0.4, -0.2) is 20.4 Å². The van der Waals surface area contributed by atoms with Crippen molar-refractivity contribution < 1.29 is 8.42 Å². The highest BCUT2D eigenvalue weighted by Gasteiger charge is 2.04. The Morgan fingerprint density at radius 1 is 1.29 bits per heavy atom. The van der Waals surface area contributed by atoms with Gasteiger partial charge < -0.3 is 0 Å². The molecule has 2 nitrogen and oxygen atoms in total. The molecule has 0 unspecified atom stereocenters. The van der Waals surface area contributed by atoms with Gasteiger partial charge in [0.05, 0.1) is 4.90 Å². The topological polar surface area (TPSA) is 34.1 Å². The van der Waals surface area contributed by atoms with Crippen LogP contribution in [0.4, 0.5) is 0 Å². The minimum atomic E-state index is -3.08. The maximum atomic E-state index is 11.1. The molecule has 4 heteroatoms. The monoisotopic (exact) mass is 228 g/mol. The Hall–Kier alpha value is -0.740. The van der Waals surface area contributed by atoms with Crippen molar-refractivity contribution in [2.75, 3.05) is 12.0 Å². The summed E-state index contributed by atoms with van der Waals surface area (Å²) in [7, 11) is -3.08. The van der Waals surface area contributed by atoms with E-state index in [0.29, 0.717) is 10.6 Å². The molecule has 1 aromatic rings. The Balaban J connectivity index is 2.95. The summed E-state index contributed by atoms with van der Waals surface area (Å²) in [5.74, 6) is 0.674. The first-order valence-electron chi connectivity index (χ1n) is 4.11. The third-order valence-electron chi connectivity index (χ3n) is 1.72. The smallest absolute Gasteiger partial charge is 0.175 e. The van der Waals surface area contributed by atoms with Gasteiger partial charge in [-0.05, 0) is 17.7 Å². The van der Waals surface area contributed by atoms with E-state index in [2.05, 4.69) is 12.6 Å². The SMILES string of the molecule is CS(=O)(=O)c1ccc(C=CCS)cc1. The van der Waals surface area contributed by atoms with Crippen molar-refractivity contribution in [2.24, 2.45) is 0 Å². The first kappa shape index (κ1) is 11.3. The fourth-order valence-electron chi connectivity index (χ4n) is 1.01. The van der Waals surface area contributed by atoms with Crippen molar-refractivity contribution in [3.8, 4) is 0 Å². The Morgan fingerprint density at radius 2 is 1.86 bits per heavy atom. The van der Waals surface area contributed by atoms with Gasteiger partial charge in [-0.2, -0.15) is 12.6 Å². The molecule has 0 aliphatic heterocycles. The molecule has 0 saturated heterocycles. The zero-order valence-corrected chi connectivity index (χ0v) is 9.55. The van der Waals surface area contributed by atoms with E-state index in [1.165, 1.54) is 6.26 Å². The summed E-state index contributed by atoms with van der Waals surface area (Å²) in [4.78, 5) is 0.348. The van der Waals surface area contributed by atoms with Gasteiger partial charge in [0.15, 0.2) is 9.84 Å². The molecule has 0 atom stereocenters. The van der Waals surface area contributed by atoms with Crippen LogP contribution >= 0.6 is 12.6 Å². The number of sulfone groups is 1. The molecular weight excluding hydrogens is 216 g/mol. The second-order valence-electron chi connectivity index (χ2n) is 2.93. The van der Waals surface area contributed by atoms with Gasteiger partial charge in [0.25, 0.3) is 0 Å². The van der Waals surface area contributed by atoms with Gasteiger partial charge >= 0.3 is 0 Å². The maximum Gasteiger partial charge on any atom is 0.175 e. The van der Waals surface area contributed by atoms with E-state index in [9.17, 15) is 8.42 Å². The van der Waals surface area contributed by atoms with Crippen molar-refractivity contribution >= 4 is 28.5 Å². The van der Waals surface area contributed by atoms with Gasteiger partial charge in [0, 0.05) is 12.0 Å². The fourth-order valence-corrected chi connectivity index (χ4v) is 1.75. The molecule has 0 aromatic heterocycles. The lowest BCUT2D eigenvalue weighted by molar-refractivity contribution is 0.602. The summed E-state index contributed by atoms with van der Waals surface area (Å²) in [6, 6.07) is 6.76. The van der Waals surface area contributed by atoms with E-state index < -0.39 is 9.84 Å². The van der Waals surface area contributed by atoms with Crippen molar-refractivity contribution in [1.82, 2.24) is 0 Å². The summed E-state index contributed by atoms with van der Waals surface area (Å²) in [6.07, 6.45) is 5.00. The molecule has 76 valence electrons. The Morgan fingerprint density at radius 3 is 2.29 bits per heavy atom. The molecule has 14 heavy (non-hydrogen) atoms. The summed E-state index contributed by atoms with van der Waals surface area (Å²) in [6.45, 7) is 0. The zero-order chi connectivity index (χ0) is 10.6. The van der Waals surface area contributed by atoms with Crippen molar-refractivity contribution in [1.29, 1.82) is 0 Å². The van der Waals surface area contributed by atoms with Gasteiger partial charge in [-0.15, -0.1) is 0 Å². The molecule has 0 heterocycles. The average molecular weight is 228 g/mol. The van der Waals surface area contributed by atoms with Crippen LogP contribution in [0.5, 0.6) is 0 Å². The van der Waals surface area contributed by atoms with E-state index in [1.54, 1.807) is 24.3 Å². The van der Waals surface area contributed by atoms with Gasteiger partial charge in [-0.1, -0.05) is 24.3 Å². The minimum Gasteiger partial charge on any atom is -0.224 e. The number of hydrogen-bond donors (Lipinski definition) is 1. The fraction of sp³-hybridized carbons (Fsp3) is 0.200. The molecule has 1 aromatic carbocycles. The lowest BCUT2D eigenvalue weighted by atomic mass is 10.2. The molecular formula is C10H12O2S2. The molecule has 0 saturated carbocycles. The Bertz CT molecular complexity index is 416. The number of benzene rings is 1. The normalized spacial score (nSPS) is 12.1. The largest absolute Gasteiger partial charge is 0.224 e. The summed E-state index contributed by atoms with van der Waals surface area (Å²) >= 11 is 4.03. The molecule has 0 radical (unpaired) electrons. The van der Waals surface area contributed by atoms with E-state index >= 15 is 0 Å². The third-order valence-corrected chi connectivity index (χ3v) is 3.06. The quantitative estimate of drug-likeness (QED) is 0.803. The van der Waals surface area contributed by atoms with E-state index in [4.69, 9.17) is 0 Å². The number of thiol groups is 1. The lowest BCUT2D eigenvalue weighted by Crippen LogP contribution is -1.95. The molecule has 0 aliphatic rings. The Labute approximate surface area is 90.0 Å². The highest BCUT2D eigenvalue weighted by molar-refractivity contribution is 7.90. The first-order valence-corrected chi connectivity index (χ1v) is 6.64. The molecule has 0 spiro atoms. The van der Waals surface area contributed by atoms with Crippen LogP contribution in [-0.2, 0) is 9.84 Å². The number of rotatable bonds is 3. The Kier molecular flexibility index (Phi) is 3.77. The summed E-state index contributed by atoms with van der Waals surface area (Å²) in [5.41, 5.74) is 0.978. The van der Waals surface area contributed by atoms with Crippen molar-refractivity contribution in [3.63, 3.8) is 0 Å². The third kappa shape index (κ3) is 3.20. The molecule has 0 N–H and O–H groups in total. The standard InChI is InChI=1S/C10H12O2S2/c1-14(11,12)10-6-4-9(5-7-10)3-2-8-13/h2-7,13H,8H2,1H3. The second-order valence-corrected chi connectivity index (χ2v) is 5.31. The van der Waals surface area contributed by atoms with Crippen LogP contribution in [0.1, 0.15) is 5.56 Å². The van der Waals surface area contributed by atoms with Gasteiger partial charge in [-0.25, -0.2) is 8.42 Å². The van der Waals surface area contributed by atoms with Crippen LogP contribution < -0.4 is 0 Å². The van der Waals surface area contributed by atoms with Gasteiger partial charge in [0.1, 0.15) is 0 Å². The average Bonchev–Trinajstić information content (AvgIpc) is 2.14. The predicted molar refractivity (Wildman–Crippen MR) is 62.4 cm³/mol. The van der Waals surface area contributed by atoms with Crippen LogP contribution in [0, 0.1) is 0 Å². The van der Waals surface area contributed by atoms with Gasteiger partial charge in [0.2, 0.25) is 0 Å². The predicted octanol–water partition coefficient (Wildman–Crippen LogP) is 2.03. The second kappa shape index (κ2) is 4.66. The summed E-state index contributed by atoms with van der Waals surface area (Å²) < 4.78 is 22.3. The number of hydrogen-bond acceptors (Lipinski definition) is 3.